The number of carboxylic acid groups (broad SMARTS) is 1. The van der Waals surface area contributed by atoms with Crippen molar-refractivity contribution in [3.63, 3.8) is 0 Å². The van der Waals surface area contributed by atoms with Crippen LogP contribution in [0.25, 0.3) is 0 Å². The Balaban J connectivity index is 2.76. The van der Waals surface area contributed by atoms with Crippen molar-refractivity contribution in [2.45, 2.75) is 6.18 Å². The van der Waals surface area contributed by atoms with Crippen LogP contribution in [-0.4, -0.2) is 41.8 Å². The molecular weight excluding hydrogens is 301 g/mol. The Kier molecular flexibility index (Phi) is 4.83. The van der Waals surface area contributed by atoms with Crippen LogP contribution >= 0.6 is 11.6 Å². The summed E-state index contributed by atoms with van der Waals surface area (Å²) >= 11 is 5.67. The molecule has 2 N–H and O–H groups in total. The van der Waals surface area contributed by atoms with Crippen LogP contribution in [0.4, 0.5) is 23.7 Å². The molecule has 0 aliphatic heterocycles. The number of aromatic carboxylic acids is 1. The van der Waals surface area contributed by atoms with Gasteiger partial charge in [-0.05, 0) is 18.2 Å². The van der Waals surface area contributed by atoms with Crippen molar-refractivity contribution in [1.29, 1.82) is 0 Å². The zero-order valence-electron chi connectivity index (χ0n) is 10.2. The molecule has 0 saturated carbocycles. The highest BCUT2D eigenvalue weighted by atomic mass is 35.5. The number of nitrogens with zero attached hydrogens (tertiary/aromatic N) is 1. The summed E-state index contributed by atoms with van der Waals surface area (Å²) < 4.78 is 36.3. The first-order valence-electron chi connectivity index (χ1n) is 5.22. The summed E-state index contributed by atoms with van der Waals surface area (Å²) in [4.78, 5) is 22.6. The second-order valence-electron chi connectivity index (χ2n) is 3.90. The maximum Gasteiger partial charge on any atom is 0.406 e. The minimum Gasteiger partial charge on any atom is -0.478 e. The number of urea groups is 1. The highest BCUT2D eigenvalue weighted by Gasteiger charge is 2.31. The van der Waals surface area contributed by atoms with Crippen molar-refractivity contribution >= 4 is 29.3 Å². The quantitative estimate of drug-likeness (QED) is 0.901. The van der Waals surface area contributed by atoms with Gasteiger partial charge in [0.15, 0.2) is 0 Å². The van der Waals surface area contributed by atoms with Gasteiger partial charge in [0.1, 0.15) is 6.54 Å². The van der Waals surface area contributed by atoms with E-state index in [4.69, 9.17) is 16.7 Å². The van der Waals surface area contributed by atoms with Gasteiger partial charge in [-0.1, -0.05) is 11.6 Å². The summed E-state index contributed by atoms with van der Waals surface area (Å²) in [5.74, 6) is -1.25. The number of rotatable bonds is 3. The first kappa shape index (κ1) is 16.1. The smallest absolute Gasteiger partial charge is 0.406 e. The molecule has 1 aromatic rings. The third-order valence-corrected chi connectivity index (χ3v) is 2.53. The molecule has 1 rings (SSSR count). The number of amides is 2. The summed E-state index contributed by atoms with van der Waals surface area (Å²) in [6, 6.07) is 2.53. The van der Waals surface area contributed by atoms with Crippen molar-refractivity contribution in [2.75, 3.05) is 18.9 Å². The molecule has 0 spiro atoms. The number of carbonyl (C=O) groups is 2. The maximum atomic E-state index is 12.1. The van der Waals surface area contributed by atoms with E-state index in [1.54, 1.807) is 0 Å². The van der Waals surface area contributed by atoms with Crippen molar-refractivity contribution in [2.24, 2.45) is 0 Å². The average Bonchev–Trinajstić information content (AvgIpc) is 2.26. The molecule has 0 aliphatic rings. The topological polar surface area (TPSA) is 69.6 Å². The zero-order valence-corrected chi connectivity index (χ0v) is 10.9. The van der Waals surface area contributed by atoms with Gasteiger partial charge in [-0.25, -0.2) is 9.59 Å². The summed E-state index contributed by atoms with van der Waals surface area (Å²) in [6.45, 7) is -1.40. The molecular formula is C11H10ClF3N2O3. The van der Waals surface area contributed by atoms with E-state index in [0.717, 1.165) is 19.2 Å². The fourth-order valence-corrected chi connectivity index (χ4v) is 1.59. The van der Waals surface area contributed by atoms with Crippen LogP contribution in [0.2, 0.25) is 5.02 Å². The summed E-state index contributed by atoms with van der Waals surface area (Å²) in [7, 11) is 0.982. The van der Waals surface area contributed by atoms with Crippen LogP contribution in [0.1, 0.15) is 10.4 Å². The van der Waals surface area contributed by atoms with Crippen molar-refractivity contribution in [1.82, 2.24) is 4.90 Å². The minimum absolute atomic E-state index is 0.0963. The lowest BCUT2D eigenvalue weighted by Crippen LogP contribution is -2.38. The zero-order chi connectivity index (χ0) is 15.5. The lowest BCUT2D eigenvalue weighted by Gasteiger charge is -2.19. The molecule has 0 saturated heterocycles. The molecule has 9 heteroatoms. The van der Waals surface area contributed by atoms with E-state index >= 15 is 0 Å². The van der Waals surface area contributed by atoms with Crippen LogP contribution in [0, 0.1) is 0 Å². The number of carboxylic acids is 1. The molecule has 1 aromatic carbocycles. The monoisotopic (exact) mass is 310 g/mol. The highest BCUT2D eigenvalue weighted by Crippen LogP contribution is 2.22. The summed E-state index contributed by atoms with van der Waals surface area (Å²) in [5, 5.41) is 10.8. The van der Waals surface area contributed by atoms with E-state index in [2.05, 4.69) is 5.32 Å². The Labute approximate surface area is 116 Å². The van der Waals surface area contributed by atoms with E-state index in [0.29, 0.717) is 4.90 Å². The van der Waals surface area contributed by atoms with Gasteiger partial charge in [-0.3, -0.25) is 0 Å². The van der Waals surface area contributed by atoms with Crippen LogP contribution in [0.3, 0.4) is 0 Å². The standard InChI is InChI=1S/C11H10ClF3N2O3/c1-17(5-11(13,14)15)10(20)16-6-2-3-7(9(18)19)8(12)4-6/h2-4H,5H2,1H3,(H,16,20)(H,18,19). The Morgan fingerprint density at radius 1 is 1.40 bits per heavy atom. The third-order valence-electron chi connectivity index (χ3n) is 2.21. The lowest BCUT2D eigenvalue weighted by molar-refractivity contribution is -0.137. The van der Waals surface area contributed by atoms with Crippen LogP contribution in [0.5, 0.6) is 0 Å². The normalized spacial score (nSPS) is 11.1. The molecule has 0 unspecified atom stereocenters. The predicted molar refractivity (Wildman–Crippen MR) is 66.1 cm³/mol. The molecule has 0 atom stereocenters. The summed E-state index contributed by atoms with van der Waals surface area (Å²) in [6.07, 6.45) is -4.50. The van der Waals surface area contributed by atoms with Gasteiger partial charge in [-0.15, -0.1) is 0 Å². The van der Waals surface area contributed by atoms with Crippen LogP contribution in [0.15, 0.2) is 18.2 Å². The van der Waals surface area contributed by atoms with E-state index in [1.165, 1.54) is 6.07 Å². The first-order valence-corrected chi connectivity index (χ1v) is 5.59. The fourth-order valence-electron chi connectivity index (χ4n) is 1.33. The number of hydrogen-bond acceptors (Lipinski definition) is 2. The van der Waals surface area contributed by atoms with E-state index < -0.39 is 24.7 Å². The number of halogens is 4. The molecule has 0 aliphatic carbocycles. The largest absolute Gasteiger partial charge is 0.478 e. The van der Waals surface area contributed by atoms with Gasteiger partial charge in [0.25, 0.3) is 0 Å². The van der Waals surface area contributed by atoms with Gasteiger partial charge in [-0.2, -0.15) is 13.2 Å². The van der Waals surface area contributed by atoms with E-state index in [-0.39, 0.29) is 16.3 Å². The van der Waals surface area contributed by atoms with Crippen LogP contribution in [-0.2, 0) is 0 Å². The third kappa shape index (κ3) is 4.61. The van der Waals surface area contributed by atoms with Crippen molar-refractivity contribution < 1.29 is 27.9 Å². The molecule has 0 fully saturated rings. The van der Waals surface area contributed by atoms with Crippen LogP contribution < -0.4 is 5.32 Å². The van der Waals surface area contributed by atoms with Gasteiger partial charge in [0.2, 0.25) is 0 Å². The maximum absolute atomic E-state index is 12.1. The second-order valence-corrected chi connectivity index (χ2v) is 4.31. The Morgan fingerprint density at radius 2 is 2.00 bits per heavy atom. The van der Waals surface area contributed by atoms with E-state index in [9.17, 15) is 22.8 Å². The number of benzene rings is 1. The molecule has 5 nitrogen and oxygen atoms in total. The number of carbonyl (C=O) groups excluding carboxylic acids is 1. The molecule has 20 heavy (non-hydrogen) atoms. The lowest BCUT2D eigenvalue weighted by atomic mass is 10.2. The van der Waals surface area contributed by atoms with Crippen molar-refractivity contribution in [3.8, 4) is 0 Å². The first-order chi connectivity index (χ1) is 9.10. The SMILES string of the molecule is CN(CC(F)(F)F)C(=O)Nc1ccc(C(=O)O)c(Cl)c1. The Bertz CT molecular complexity index is 534. The molecule has 0 aromatic heterocycles. The second kappa shape index (κ2) is 6.00. The van der Waals surface area contributed by atoms with Gasteiger partial charge < -0.3 is 15.3 Å². The highest BCUT2D eigenvalue weighted by molar-refractivity contribution is 6.33. The Hall–Kier alpha value is -1.96. The van der Waals surface area contributed by atoms with Crippen molar-refractivity contribution in [3.05, 3.63) is 28.8 Å². The number of alkyl halides is 3. The Morgan fingerprint density at radius 3 is 2.45 bits per heavy atom. The van der Waals surface area contributed by atoms with Gasteiger partial charge in [0, 0.05) is 12.7 Å². The molecule has 2 amide bonds. The molecule has 0 bridgehead atoms. The van der Waals surface area contributed by atoms with E-state index in [1.807, 2.05) is 0 Å². The fraction of sp³-hybridized carbons (Fsp3) is 0.273. The predicted octanol–water partition coefficient (Wildman–Crippen LogP) is 3.06. The number of nitrogens with one attached hydrogen (secondary N) is 1. The number of anilines is 1. The molecule has 0 radical (unpaired) electrons. The molecule has 0 heterocycles. The van der Waals surface area contributed by atoms with Gasteiger partial charge in [0.05, 0.1) is 10.6 Å². The van der Waals surface area contributed by atoms with Gasteiger partial charge >= 0.3 is 18.2 Å². The molecule has 110 valence electrons. The minimum atomic E-state index is -4.50. The average molecular weight is 311 g/mol. The summed E-state index contributed by atoms with van der Waals surface area (Å²) in [5.41, 5.74) is -0.0765. The number of hydrogen-bond donors (Lipinski definition) is 2.